The molecule has 0 saturated carbocycles. The van der Waals surface area contributed by atoms with Crippen molar-refractivity contribution in [3.63, 3.8) is 0 Å². The molecule has 0 unspecified atom stereocenters. The van der Waals surface area contributed by atoms with Crippen LogP contribution in [0.3, 0.4) is 0 Å². The Bertz CT molecular complexity index is 1070. The number of carbonyl (C=O) groups excluding carboxylic acids is 1. The molecule has 29 heavy (non-hydrogen) atoms. The van der Waals surface area contributed by atoms with Crippen molar-refractivity contribution >= 4 is 17.5 Å². The third-order valence-electron chi connectivity index (χ3n) is 4.70. The highest BCUT2D eigenvalue weighted by atomic mass is 35.5. The van der Waals surface area contributed by atoms with Crippen molar-refractivity contribution in [2.45, 2.75) is 33.4 Å². The van der Waals surface area contributed by atoms with Gasteiger partial charge < -0.3 is 5.32 Å². The van der Waals surface area contributed by atoms with Gasteiger partial charge in [0.2, 0.25) is 5.91 Å². The zero-order valence-corrected chi connectivity index (χ0v) is 16.7. The molecule has 0 fully saturated rings. The first-order valence-corrected chi connectivity index (χ1v) is 9.30. The van der Waals surface area contributed by atoms with Crippen molar-refractivity contribution in [3.8, 4) is 0 Å². The second-order valence-electron chi connectivity index (χ2n) is 6.73. The fourth-order valence-corrected chi connectivity index (χ4v) is 3.27. The van der Waals surface area contributed by atoms with E-state index in [4.69, 9.17) is 11.6 Å². The third kappa shape index (κ3) is 4.98. The predicted molar refractivity (Wildman–Crippen MR) is 104 cm³/mol. The predicted octanol–water partition coefficient (Wildman–Crippen LogP) is 4.48. The minimum Gasteiger partial charge on any atom is -0.352 e. The van der Waals surface area contributed by atoms with Crippen molar-refractivity contribution in [2.75, 3.05) is 0 Å². The van der Waals surface area contributed by atoms with E-state index in [0.29, 0.717) is 16.8 Å². The van der Waals surface area contributed by atoms with E-state index < -0.39 is 17.5 Å². The van der Waals surface area contributed by atoms with Crippen molar-refractivity contribution < 1.29 is 18.0 Å². The van der Waals surface area contributed by atoms with Gasteiger partial charge >= 0.3 is 0 Å². The van der Waals surface area contributed by atoms with Crippen LogP contribution in [0.4, 0.5) is 13.2 Å². The van der Waals surface area contributed by atoms with E-state index in [1.54, 1.807) is 18.5 Å². The molecule has 0 aliphatic heterocycles. The summed E-state index contributed by atoms with van der Waals surface area (Å²) in [5.41, 5.74) is 3.02. The summed E-state index contributed by atoms with van der Waals surface area (Å²) < 4.78 is 41.7. The Morgan fingerprint density at radius 3 is 2.38 bits per heavy atom. The highest BCUT2D eigenvalue weighted by Crippen LogP contribution is 2.19. The lowest BCUT2D eigenvalue weighted by Gasteiger charge is -2.09. The SMILES string of the molecule is Cc1nn(Cc2ccc(F)cc2F)c(C)c1CC(=O)NCc1ccc(F)cc1Cl. The molecule has 4 nitrogen and oxygen atoms in total. The van der Waals surface area contributed by atoms with E-state index in [-0.39, 0.29) is 30.4 Å². The largest absolute Gasteiger partial charge is 0.352 e. The molecule has 0 atom stereocenters. The second kappa shape index (κ2) is 8.69. The highest BCUT2D eigenvalue weighted by molar-refractivity contribution is 6.31. The maximum atomic E-state index is 13.9. The van der Waals surface area contributed by atoms with Gasteiger partial charge in [-0.2, -0.15) is 5.10 Å². The van der Waals surface area contributed by atoms with Gasteiger partial charge in [0.25, 0.3) is 0 Å². The Labute approximate surface area is 171 Å². The average molecular weight is 422 g/mol. The molecule has 0 aliphatic rings. The summed E-state index contributed by atoms with van der Waals surface area (Å²) in [5.74, 6) is -1.98. The van der Waals surface area contributed by atoms with Crippen LogP contribution < -0.4 is 5.32 Å². The van der Waals surface area contributed by atoms with E-state index in [1.165, 1.54) is 30.3 Å². The van der Waals surface area contributed by atoms with Crippen molar-refractivity contribution in [2.24, 2.45) is 0 Å². The van der Waals surface area contributed by atoms with Crippen molar-refractivity contribution in [1.82, 2.24) is 15.1 Å². The average Bonchev–Trinajstić information content (AvgIpc) is 2.91. The highest BCUT2D eigenvalue weighted by Gasteiger charge is 2.16. The molecule has 0 aliphatic carbocycles. The fraction of sp³-hybridized carbons (Fsp3) is 0.238. The molecule has 2 aromatic carbocycles. The summed E-state index contributed by atoms with van der Waals surface area (Å²) >= 11 is 5.97. The van der Waals surface area contributed by atoms with Gasteiger partial charge in [-0.3, -0.25) is 9.48 Å². The van der Waals surface area contributed by atoms with Gasteiger partial charge in [0.05, 0.1) is 18.7 Å². The topological polar surface area (TPSA) is 46.9 Å². The molecule has 1 amide bonds. The Kier molecular flexibility index (Phi) is 6.27. The van der Waals surface area contributed by atoms with Gasteiger partial charge in [0.15, 0.2) is 0 Å². The molecule has 0 bridgehead atoms. The Morgan fingerprint density at radius 1 is 1.07 bits per heavy atom. The summed E-state index contributed by atoms with van der Waals surface area (Å²) in [4.78, 5) is 12.4. The van der Waals surface area contributed by atoms with Gasteiger partial charge in [-0.15, -0.1) is 0 Å². The zero-order chi connectivity index (χ0) is 21.1. The van der Waals surface area contributed by atoms with E-state index in [1.807, 2.05) is 0 Å². The summed E-state index contributed by atoms with van der Waals surface area (Å²) in [6, 6.07) is 7.38. The molecule has 8 heteroatoms. The minimum absolute atomic E-state index is 0.0857. The molecular formula is C21H19ClF3N3O. The van der Waals surface area contributed by atoms with E-state index >= 15 is 0 Å². The molecular weight excluding hydrogens is 403 g/mol. The summed E-state index contributed by atoms with van der Waals surface area (Å²) in [6.45, 7) is 3.86. The molecule has 0 spiro atoms. The van der Waals surface area contributed by atoms with Gasteiger partial charge in [-0.1, -0.05) is 23.7 Å². The number of hydrogen-bond acceptors (Lipinski definition) is 2. The van der Waals surface area contributed by atoms with Crippen LogP contribution in [0.5, 0.6) is 0 Å². The molecule has 1 aromatic heterocycles. The lowest BCUT2D eigenvalue weighted by atomic mass is 10.1. The van der Waals surface area contributed by atoms with E-state index in [0.717, 1.165) is 17.3 Å². The van der Waals surface area contributed by atoms with Gasteiger partial charge in [0, 0.05) is 34.5 Å². The first kappa shape index (κ1) is 20.9. The smallest absolute Gasteiger partial charge is 0.224 e. The van der Waals surface area contributed by atoms with Crippen LogP contribution in [0.1, 0.15) is 28.1 Å². The first-order valence-electron chi connectivity index (χ1n) is 8.92. The van der Waals surface area contributed by atoms with Crippen LogP contribution >= 0.6 is 11.6 Å². The normalized spacial score (nSPS) is 11.0. The van der Waals surface area contributed by atoms with Gasteiger partial charge in [-0.25, -0.2) is 13.2 Å². The standard InChI is InChI=1S/C21H19ClF3N3O/c1-12-18(9-21(29)26-10-14-3-5-16(23)7-19(14)22)13(2)28(27-12)11-15-4-6-17(24)8-20(15)25/h3-8H,9-11H2,1-2H3,(H,26,29). The number of aryl methyl sites for hydroxylation is 1. The number of rotatable bonds is 6. The van der Waals surface area contributed by atoms with Crippen LogP contribution in [0.15, 0.2) is 36.4 Å². The number of nitrogens with zero attached hydrogens (tertiary/aromatic N) is 2. The molecule has 0 saturated heterocycles. The Balaban J connectivity index is 1.68. The van der Waals surface area contributed by atoms with Crippen LogP contribution in [0, 0.1) is 31.3 Å². The van der Waals surface area contributed by atoms with Gasteiger partial charge in [0.1, 0.15) is 17.5 Å². The fourth-order valence-electron chi connectivity index (χ4n) is 3.04. The van der Waals surface area contributed by atoms with E-state index in [9.17, 15) is 18.0 Å². The summed E-state index contributed by atoms with van der Waals surface area (Å²) in [7, 11) is 0. The Hall–Kier alpha value is -2.80. The van der Waals surface area contributed by atoms with E-state index in [2.05, 4.69) is 10.4 Å². The van der Waals surface area contributed by atoms with Crippen LogP contribution in [0.2, 0.25) is 5.02 Å². The molecule has 1 heterocycles. The summed E-state index contributed by atoms with van der Waals surface area (Å²) in [6.07, 6.45) is 0.0857. The maximum absolute atomic E-state index is 13.9. The van der Waals surface area contributed by atoms with Crippen molar-refractivity contribution in [1.29, 1.82) is 0 Å². The first-order chi connectivity index (χ1) is 13.7. The third-order valence-corrected chi connectivity index (χ3v) is 5.05. The van der Waals surface area contributed by atoms with Crippen LogP contribution in [-0.4, -0.2) is 15.7 Å². The number of hydrogen-bond donors (Lipinski definition) is 1. The van der Waals surface area contributed by atoms with Crippen LogP contribution in [-0.2, 0) is 24.3 Å². The number of nitrogens with one attached hydrogen (secondary N) is 1. The van der Waals surface area contributed by atoms with Gasteiger partial charge in [-0.05, 0) is 37.6 Å². The van der Waals surface area contributed by atoms with Crippen molar-refractivity contribution in [3.05, 3.63) is 87.0 Å². The molecule has 3 rings (SSSR count). The molecule has 3 aromatic rings. The second-order valence-corrected chi connectivity index (χ2v) is 7.14. The number of carbonyl (C=O) groups is 1. The lowest BCUT2D eigenvalue weighted by Crippen LogP contribution is -2.25. The van der Waals surface area contributed by atoms with Crippen LogP contribution in [0.25, 0.3) is 0 Å². The number of amides is 1. The Morgan fingerprint density at radius 2 is 1.72 bits per heavy atom. The molecule has 1 N–H and O–H groups in total. The zero-order valence-electron chi connectivity index (χ0n) is 15.9. The molecule has 0 radical (unpaired) electrons. The lowest BCUT2D eigenvalue weighted by molar-refractivity contribution is -0.120. The number of aromatic nitrogens is 2. The minimum atomic E-state index is -0.645. The molecule has 152 valence electrons. The number of halogens is 4. The number of benzene rings is 2. The monoisotopic (exact) mass is 421 g/mol. The maximum Gasteiger partial charge on any atom is 0.224 e. The quantitative estimate of drug-likeness (QED) is 0.638. The summed E-state index contributed by atoms with van der Waals surface area (Å²) in [5, 5.41) is 7.37.